The third kappa shape index (κ3) is 2.26. The monoisotopic (exact) mass is 315 g/mol. The van der Waals surface area contributed by atoms with Gasteiger partial charge in [-0.1, -0.05) is 48.5 Å². The zero-order valence-corrected chi connectivity index (χ0v) is 13.3. The van der Waals surface area contributed by atoms with Crippen LogP contribution in [0.3, 0.4) is 0 Å². The Bertz CT molecular complexity index is 889. The van der Waals surface area contributed by atoms with Crippen LogP contribution in [0, 0.1) is 0 Å². The molecule has 1 unspecified atom stereocenters. The Morgan fingerprint density at radius 2 is 1.58 bits per heavy atom. The second-order valence-corrected chi connectivity index (χ2v) is 5.84. The van der Waals surface area contributed by atoms with Crippen molar-refractivity contribution in [2.24, 2.45) is 0 Å². The summed E-state index contributed by atoms with van der Waals surface area (Å²) in [5.74, 6) is 1.39. The molecule has 0 aliphatic carbocycles. The summed E-state index contributed by atoms with van der Waals surface area (Å²) in [7, 11) is 0. The van der Waals surface area contributed by atoms with Gasteiger partial charge in [-0.05, 0) is 36.8 Å². The fraction of sp³-hybridized carbons (Fsp3) is 0.0952. The molecule has 1 heterocycles. The highest BCUT2D eigenvalue weighted by molar-refractivity contribution is 5.89. The van der Waals surface area contributed by atoms with Gasteiger partial charge < -0.3 is 9.64 Å². The van der Waals surface area contributed by atoms with E-state index in [-0.39, 0.29) is 6.04 Å². The summed E-state index contributed by atoms with van der Waals surface area (Å²) in [6.07, 6.45) is 0.845. The van der Waals surface area contributed by atoms with Gasteiger partial charge in [0.05, 0.1) is 23.0 Å². The molecular weight excluding hydrogens is 298 g/mol. The van der Waals surface area contributed by atoms with Gasteiger partial charge >= 0.3 is 0 Å². The predicted octanol–water partition coefficient (Wildman–Crippen LogP) is 5.50. The Morgan fingerprint density at radius 3 is 2.38 bits per heavy atom. The number of carbonyl (C=O) groups is 1. The van der Waals surface area contributed by atoms with Crippen LogP contribution < -0.4 is 9.64 Å². The van der Waals surface area contributed by atoms with Gasteiger partial charge in [0, 0.05) is 0 Å². The van der Waals surface area contributed by atoms with E-state index in [1.807, 2.05) is 54.6 Å². The van der Waals surface area contributed by atoms with Crippen LogP contribution in [-0.4, -0.2) is 6.29 Å². The van der Waals surface area contributed by atoms with Crippen molar-refractivity contribution in [3.05, 3.63) is 83.9 Å². The number of para-hydroxylation sites is 3. The Balaban J connectivity index is 1.92. The zero-order valence-electron chi connectivity index (χ0n) is 13.3. The van der Waals surface area contributed by atoms with Gasteiger partial charge in [-0.3, -0.25) is 4.79 Å². The Hall–Kier alpha value is -3.07. The molecule has 1 aliphatic heterocycles. The number of hydrogen-bond donors (Lipinski definition) is 0. The highest BCUT2D eigenvalue weighted by atomic mass is 16.5. The number of anilines is 2. The van der Waals surface area contributed by atoms with Gasteiger partial charge in [-0.2, -0.15) is 0 Å². The van der Waals surface area contributed by atoms with Gasteiger partial charge in [-0.15, -0.1) is 0 Å². The first kappa shape index (κ1) is 14.5. The number of carbonyl (C=O) groups excluding carboxylic acids is 1. The second-order valence-electron chi connectivity index (χ2n) is 5.84. The first-order chi connectivity index (χ1) is 11.8. The van der Waals surface area contributed by atoms with Crippen molar-refractivity contribution >= 4 is 17.7 Å². The molecule has 3 heteroatoms. The maximum Gasteiger partial charge on any atom is 0.161 e. The van der Waals surface area contributed by atoms with Crippen LogP contribution in [0.4, 0.5) is 11.4 Å². The first-order valence-corrected chi connectivity index (χ1v) is 7.99. The molecule has 0 spiro atoms. The van der Waals surface area contributed by atoms with Crippen molar-refractivity contribution in [1.82, 2.24) is 0 Å². The normalized spacial score (nSPS) is 13.5. The van der Waals surface area contributed by atoms with Crippen molar-refractivity contribution in [3.63, 3.8) is 0 Å². The lowest BCUT2D eigenvalue weighted by Gasteiger charge is -2.37. The van der Waals surface area contributed by atoms with Crippen LogP contribution in [-0.2, 0) is 0 Å². The van der Waals surface area contributed by atoms with Crippen molar-refractivity contribution in [3.8, 4) is 11.5 Å². The first-order valence-electron chi connectivity index (χ1n) is 7.99. The van der Waals surface area contributed by atoms with Crippen LogP contribution in [0.25, 0.3) is 0 Å². The van der Waals surface area contributed by atoms with Crippen LogP contribution in [0.1, 0.15) is 28.9 Å². The number of nitrogens with zero attached hydrogens (tertiary/aromatic N) is 1. The maximum atomic E-state index is 11.4. The molecule has 1 aliphatic rings. The van der Waals surface area contributed by atoms with Crippen molar-refractivity contribution in [2.75, 3.05) is 4.90 Å². The fourth-order valence-corrected chi connectivity index (χ4v) is 3.22. The third-order valence-electron chi connectivity index (χ3n) is 4.42. The summed E-state index contributed by atoms with van der Waals surface area (Å²) < 4.78 is 6.04. The molecule has 0 fully saturated rings. The predicted molar refractivity (Wildman–Crippen MR) is 95.3 cm³/mol. The van der Waals surface area contributed by atoms with E-state index in [0.29, 0.717) is 11.3 Å². The fourth-order valence-electron chi connectivity index (χ4n) is 3.22. The average Bonchev–Trinajstić information content (AvgIpc) is 2.65. The molecule has 0 radical (unpaired) electrons. The summed E-state index contributed by atoms with van der Waals surface area (Å²) in [5.41, 5.74) is 3.68. The van der Waals surface area contributed by atoms with E-state index in [4.69, 9.17) is 4.74 Å². The van der Waals surface area contributed by atoms with E-state index in [0.717, 1.165) is 23.4 Å². The number of rotatable bonds is 3. The van der Waals surface area contributed by atoms with E-state index in [1.54, 1.807) is 6.07 Å². The van der Waals surface area contributed by atoms with E-state index < -0.39 is 0 Å². The summed E-state index contributed by atoms with van der Waals surface area (Å²) in [5, 5.41) is 0. The molecule has 0 saturated carbocycles. The smallest absolute Gasteiger partial charge is 0.161 e. The molecule has 0 aromatic heterocycles. The Kier molecular flexibility index (Phi) is 3.54. The van der Waals surface area contributed by atoms with Gasteiger partial charge in [0.25, 0.3) is 0 Å². The highest BCUT2D eigenvalue weighted by Gasteiger charge is 2.29. The van der Waals surface area contributed by atoms with Crippen LogP contribution in [0.2, 0.25) is 0 Å². The van der Waals surface area contributed by atoms with Crippen molar-refractivity contribution < 1.29 is 9.53 Å². The quantitative estimate of drug-likeness (QED) is 0.597. The number of fused-ring (bicyclic) bond motifs is 2. The second kappa shape index (κ2) is 5.85. The molecule has 0 amide bonds. The summed E-state index contributed by atoms with van der Waals surface area (Å²) >= 11 is 0. The molecule has 1 atom stereocenters. The number of ether oxygens (including phenoxy) is 1. The molecule has 0 N–H and O–H groups in total. The molecule has 3 nitrogen and oxygen atoms in total. The number of benzene rings is 3. The molecule has 3 aromatic carbocycles. The summed E-state index contributed by atoms with van der Waals surface area (Å²) in [6.45, 7) is 2.16. The minimum Gasteiger partial charge on any atom is -0.452 e. The van der Waals surface area contributed by atoms with E-state index in [2.05, 4.69) is 24.0 Å². The molecule has 4 rings (SSSR count). The minimum atomic E-state index is 0.108. The van der Waals surface area contributed by atoms with E-state index in [9.17, 15) is 4.79 Å². The maximum absolute atomic E-state index is 11.4. The zero-order chi connectivity index (χ0) is 16.5. The third-order valence-corrected chi connectivity index (χ3v) is 4.42. The topological polar surface area (TPSA) is 29.5 Å². The van der Waals surface area contributed by atoms with Gasteiger partial charge in [0.15, 0.2) is 17.8 Å². The highest BCUT2D eigenvalue weighted by Crippen LogP contribution is 2.50. The Morgan fingerprint density at radius 1 is 0.875 bits per heavy atom. The minimum absolute atomic E-state index is 0.108. The lowest BCUT2D eigenvalue weighted by Crippen LogP contribution is -2.25. The van der Waals surface area contributed by atoms with Crippen molar-refractivity contribution in [2.45, 2.75) is 13.0 Å². The molecule has 3 aromatic rings. The Labute approximate surface area is 141 Å². The summed E-state index contributed by atoms with van der Waals surface area (Å²) in [4.78, 5) is 13.7. The van der Waals surface area contributed by atoms with Crippen molar-refractivity contribution in [1.29, 1.82) is 0 Å². The van der Waals surface area contributed by atoms with E-state index in [1.165, 1.54) is 5.56 Å². The molecule has 0 bridgehead atoms. The van der Waals surface area contributed by atoms with E-state index >= 15 is 0 Å². The standard InChI is InChI=1S/C21H17NO2/c1-15(16-8-3-2-4-9-16)22-18-11-5-6-13-20(18)24-21-17(14-23)10-7-12-19(21)22/h2-15H,1H3. The van der Waals surface area contributed by atoms with Gasteiger partial charge in [0.2, 0.25) is 0 Å². The lowest BCUT2D eigenvalue weighted by molar-refractivity contribution is 0.112. The number of aldehydes is 1. The van der Waals surface area contributed by atoms with Crippen LogP contribution in [0.15, 0.2) is 72.8 Å². The van der Waals surface area contributed by atoms with Crippen LogP contribution >= 0.6 is 0 Å². The SMILES string of the molecule is CC(c1ccccc1)N1c2ccccc2Oc2c(C=O)cccc21. The number of hydrogen-bond acceptors (Lipinski definition) is 3. The molecule has 0 saturated heterocycles. The molecule has 24 heavy (non-hydrogen) atoms. The molecule has 118 valence electrons. The van der Waals surface area contributed by atoms with Gasteiger partial charge in [-0.25, -0.2) is 0 Å². The van der Waals surface area contributed by atoms with Crippen LogP contribution in [0.5, 0.6) is 11.5 Å². The average molecular weight is 315 g/mol. The largest absolute Gasteiger partial charge is 0.452 e. The lowest BCUT2D eigenvalue weighted by atomic mass is 10.0. The van der Waals surface area contributed by atoms with Gasteiger partial charge in [0.1, 0.15) is 0 Å². The molecular formula is C21H17NO2. The summed E-state index contributed by atoms with van der Waals surface area (Å²) in [6, 6.07) is 24.0.